The molecule has 5 heteroatoms. The molecule has 1 N–H and O–H groups in total. The van der Waals surface area contributed by atoms with Gasteiger partial charge in [0.15, 0.2) is 6.29 Å². The third kappa shape index (κ3) is 3.22. The molecule has 0 radical (unpaired) electrons. The second-order valence-corrected chi connectivity index (χ2v) is 5.26. The Kier molecular flexibility index (Phi) is 4.35. The van der Waals surface area contributed by atoms with Crippen LogP contribution in [-0.2, 0) is 11.3 Å². The van der Waals surface area contributed by atoms with Crippen molar-refractivity contribution in [2.75, 3.05) is 0 Å². The Morgan fingerprint density at radius 3 is 2.63 bits per heavy atom. The summed E-state index contributed by atoms with van der Waals surface area (Å²) >= 11 is 0. The number of rotatable bonds is 4. The van der Waals surface area contributed by atoms with Crippen molar-refractivity contribution >= 4 is 12.2 Å². The van der Waals surface area contributed by atoms with Gasteiger partial charge < -0.3 is 5.32 Å². The van der Waals surface area contributed by atoms with Crippen LogP contribution in [0.15, 0.2) is 0 Å². The van der Waals surface area contributed by atoms with E-state index in [9.17, 15) is 9.59 Å². The van der Waals surface area contributed by atoms with E-state index in [1.54, 1.807) is 11.6 Å². The van der Waals surface area contributed by atoms with Crippen LogP contribution in [0.5, 0.6) is 0 Å². The molecule has 1 aromatic heterocycles. The van der Waals surface area contributed by atoms with Crippen molar-refractivity contribution in [1.29, 1.82) is 0 Å². The van der Waals surface area contributed by atoms with E-state index >= 15 is 0 Å². The number of carbonyl (C=O) groups excluding carboxylic acids is 2. The second-order valence-electron chi connectivity index (χ2n) is 5.26. The molecule has 2 rings (SSSR count). The van der Waals surface area contributed by atoms with Gasteiger partial charge in [0.25, 0.3) is 0 Å². The van der Waals surface area contributed by atoms with E-state index in [0.29, 0.717) is 17.3 Å². The van der Waals surface area contributed by atoms with Gasteiger partial charge in [-0.3, -0.25) is 14.3 Å². The number of nitrogens with zero attached hydrogens (tertiary/aromatic N) is 2. The first-order chi connectivity index (χ1) is 9.11. The molecule has 1 amide bonds. The molecule has 1 saturated carbocycles. The first-order valence-electron chi connectivity index (χ1n) is 6.90. The van der Waals surface area contributed by atoms with Gasteiger partial charge in [-0.05, 0) is 26.7 Å². The van der Waals surface area contributed by atoms with Crippen LogP contribution in [0.1, 0.15) is 53.8 Å². The monoisotopic (exact) mass is 263 g/mol. The van der Waals surface area contributed by atoms with E-state index in [-0.39, 0.29) is 12.5 Å². The van der Waals surface area contributed by atoms with Crippen molar-refractivity contribution < 1.29 is 9.59 Å². The first-order valence-corrected chi connectivity index (χ1v) is 6.90. The van der Waals surface area contributed by atoms with E-state index in [1.807, 2.05) is 6.92 Å². The van der Waals surface area contributed by atoms with Crippen molar-refractivity contribution in [3.8, 4) is 0 Å². The minimum Gasteiger partial charge on any atom is -0.352 e. The summed E-state index contributed by atoms with van der Waals surface area (Å²) in [6, 6.07) is 0.309. The van der Waals surface area contributed by atoms with Crippen molar-refractivity contribution in [2.24, 2.45) is 0 Å². The molecule has 0 aliphatic heterocycles. The van der Waals surface area contributed by atoms with Crippen molar-refractivity contribution in [3.05, 3.63) is 17.0 Å². The van der Waals surface area contributed by atoms with Crippen molar-refractivity contribution in [1.82, 2.24) is 15.1 Å². The molecule has 0 atom stereocenters. The third-order valence-corrected chi connectivity index (χ3v) is 3.82. The minimum atomic E-state index is -0.0186. The highest BCUT2D eigenvalue weighted by Crippen LogP contribution is 2.17. The summed E-state index contributed by atoms with van der Waals surface area (Å²) in [4.78, 5) is 22.9. The van der Waals surface area contributed by atoms with Crippen LogP contribution in [0.3, 0.4) is 0 Å². The lowest BCUT2D eigenvalue weighted by Crippen LogP contribution is -2.38. The number of hydrogen-bond donors (Lipinski definition) is 1. The number of nitrogens with one attached hydrogen (secondary N) is 1. The number of amides is 1. The largest absolute Gasteiger partial charge is 0.352 e. The molecule has 1 fully saturated rings. The smallest absolute Gasteiger partial charge is 0.241 e. The van der Waals surface area contributed by atoms with Crippen LogP contribution in [0.4, 0.5) is 0 Å². The maximum absolute atomic E-state index is 12.0. The average molecular weight is 263 g/mol. The van der Waals surface area contributed by atoms with Crippen LogP contribution in [0.2, 0.25) is 0 Å². The number of carbonyl (C=O) groups is 2. The van der Waals surface area contributed by atoms with Gasteiger partial charge in [-0.1, -0.05) is 19.3 Å². The predicted octanol–water partition coefficient (Wildman–Crippen LogP) is 1.76. The normalized spacial score (nSPS) is 16.3. The third-order valence-electron chi connectivity index (χ3n) is 3.82. The summed E-state index contributed by atoms with van der Waals surface area (Å²) < 4.78 is 1.61. The molecule has 0 aromatic carbocycles. The predicted molar refractivity (Wildman–Crippen MR) is 72.1 cm³/mol. The Morgan fingerprint density at radius 1 is 1.37 bits per heavy atom. The molecule has 5 nitrogen and oxygen atoms in total. The quantitative estimate of drug-likeness (QED) is 0.842. The standard InChI is InChI=1S/C14H21N3O2/c1-10-13(9-18)11(2)17(16-10)8-14(19)15-12-6-4-3-5-7-12/h9,12H,3-8H2,1-2H3,(H,15,19). The Labute approximate surface area is 113 Å². The van der Waals surface area contributed by atoms with Gasteiger partial charge in [0.2, 0.25) is 5.91 Å². The number of hydrogen-bond acceptors (Lipinski definition) is 3. The average Bonchev–Trinajstić information content (AvgIpc) is 2.65. The fourth-order valence-corrected chi connectivity index (χ4v) is 2.69. The van der Waals surface area contributed by atoms with Crippen LogP contribution in [0.25, 0.3) is 0 Å². The summed E-state index contributed by atoms with van der Waals surface area (Å²) in [6.45, 7) is 3.79. The van der Waals surface area contributed by atoms with Gasteiger partial charge in [0.05, 0.1) is 11.3 Å². The zero-order valence-corrected chi connectivity index (χ0v) is 11.6. The fraction of sp³-hybridized carbons (Fsp3) is 0.643. The van der Waals surface area contributed by atoms with Crippen LogP contribution >= 0.6 is 0 Å². The van der Waals surface area contributed by atoms with E-state index in [0.717, 1.165) is 24.8 Å². The summed E-state index contributed by atoms with van der Waals surface area (Å²) in [6.07, 6.45) is 6.60. The van der Waals surface area contributed by atoms with E-state index in [4.69, 9.17) is 0 Å². The Bertz CT molecular complexity index is 473. The summed E-state index contributed by atoms with van der Waals surface area (Å²) in [5, 5.41) is 7.29. The molecule has 19 heavy (non-hydrogen) atoms. The van der Waals surface area contributed by atoms with Gasteiger partial charge in [-0.25, -0.2) is 0 Å². The molecule has 1 heterocycles. The highest BCUT2D eigenvalue weighted by atomic mass is 16.2. The number of aromatic nitrogens is 2. The van der Waals surface area contributed by atoms with Gasteiger partial charge in [0.1, 0.15) is 6.54 Å². The molecule has 1 aliphatic rings. The van der Waals surface area contributed by atoms with E-state index in [2.05, 4.69) is 10.4 Å². The van der Waals surface area contributed by atoms with Crippen molar-refractivity contribution in [2.45, 2.75) is 58.5 Å². The first kappa shape index (κ1) is 13.8. The highest BCUT2D eigenvalue weighted by Gasteiger charge is 2.17. The molecule has 0 unspecified atom stereocenters. The van der Waals surface area contributed by atoms with E-state index in [1.165, 1.54) is 19.3 Å². The Hall–Kier alpha value is -1.65. The number of aryl methyl sites for hydroxylation is 1. The lowest BCUT2D eigenvalue weighted by atomic mass is 9.95. The lowest BCUT2D eigenvalue weighted by molar-refractivity contribution is -0.122. The topological polar surface area (TPSA) is 64.0 Å². The van der Waals surface area contributed by atoms with Gasteiger partial charge >= 0.3 is 0 Å². The van der Waals surface area contributed by atoms with Crippen LogP contribution in [-0.4, -0.2) is 28.0 Å². The molecule has 1 aromatic rings. The molecule has 104 valence electrons. The second kappa shape index (κ2) is 5.99. The number of aldehydes is 1. The Morgan fingerprint density at radius 2 is 2.05 bits per heavy atom. The van der Waals surface area contributed by atoms with E-state index < -0.39 is 0 Å². The molecular formula is C14H21N3O2. The van der Waals surface area contributed by atoms with Crippen LogP contribution < -0.4 is 5.32 Å². The molecule has 0 bridgehead atoms. The molecule has 0 spiro atoms. The molecule has 1 aliphatic carbocycles. The maximum Gasteiger partial charge on any atom is 0.241 e. The Balaban J connectivity index is 1.96. The SMILES string of the molecule is Cc1nn(CC(=O)NC2CCCCC2)c(C)c1C=O. The van der Waals surface area contributed by atoms with Crippen molar-refractivity contribution in [3.63, 3.8) is 0 Å². The minimum absolute atomic E-state index is 0.0186. The van der Waals surface area contributed by atoms with Gasteiger partial charge in [-0.15, -0.1) is 0 Å². The van der Waals surface area contributed by atoms with Gasteiger partial charge in [0, 0.05) is 11.7 Å². The summed E-state index contributed by atoms with van der Waals surface area (Å²) in [5.74, 6) is -0.0186. The lowest BCUT2D eigenvalue weighted by Gasteiger charge is -2.22. The summed E-state index contributed by atoms with van der Waals surface area (Å²) in [5.41, 5.74) is 2.02. The zero-order chi connectivity index (χ0) is 13.8. The van der Waals surface area contributed by atoms with Gasteiger partial charge in [-0.2, -0.15) is 5.10 Å². The maximum atomic E-state index is 12.0. The molecular weight excluding hydrogens is 242 g/mol. The molecule has 0 saturated heterocycles. The fourth-order valence-electron chi connectivity index (χ4n) is 2.69. The highest BCUT2D eigenvalue weighted by molar-refractivity contribution is 5.79. The van der Waals surface area contributed by atoms with Crippen LogP contribution in [0, 0.1) is 13.8 Å². The summed E-state index contributed by atoms with van der Waals surface area (Å²) in [7, 11) is 0. The zero-order valence-electron chi connectivity index (χ0n) is 11.6.